The molecule has 0 fully saturated rings. The molecule has 0 spiro atoms. The maximum atomic E-state index is 12.6. The van der Waals surface area contributed by atoms with Crippen molar-refractivity contribution in [1.29, 1.82) is 0 Å². The first-order chi connectivity index (χ1) is 11.5. The van der Waals surface area contributed by atoms with Crippen LogP contribution in [0, 0.1) is 0 Å². The van der Waals surface area contributed by atoms with E-state index in [2.05, 4.69) is 6.92 Å². The highest BCUT2D eigenvalue weighted by Crippen LogP contribution is 2.33. The van der Waals surface area contributed by atoms with Crippen molar-refractivity contribution in [2.24, 2.45) is 0 Å². The van der Waals surface area contributed by atoms with Gasteiger partial charge in [0.1, 0.15) is 0 Å². The Bertz CT molecular complexity index is 745. The first-order valence-electron chi connectivity index (χ1n) is 8.21. The largest absolute Gasteiger partial charge is 0.504 e. The van der Waals surface area contributed by atoms with Crippen LogP contribution in [0.5, 0.6) is 11.5 Å². The van der Waals surface area contributed by atoms with Crippen molar-refractivity contribution < 1.29 is 19.8 Å². The summed E-state index contributed by atoms with van der Waals surface area (Å²) in [6.07, 6.45) is 3.02. The van der Waals surface area contributed by atoms with Crippen LogP contribution >= 0.6 is 0 Å². The summed E-state index contributed by atoms with van der Waals surface area (Å²) in [6, 6.07) is 9.65. The Morgan fingerprint density at radius 2 is 1.46 bits per heavy atom. The van der Waals surface area contributed by atoms with Crippen LogP contribution in [0.3, 0.4) is 0 Å². The first kappa shape index (κ1) is 17.7. The molecule has 0 saturated heterocycles. The maximum absolute atomic E-state index is 12.6. The Hall–Kier alpha value is -2.62. The van der Waals surface area contributed by atoms with E-state index in [1.54, 1.807) is 12.1 Å². The minimum absolute atomic E-state index is 0.148. The zero-order valence-corrected chi connectivity index (χ0v) is 14.0. The van der Waals surface area contributed by atoms with E-state index in [0.717, 1.165) is 18.4 Å². The molecule has 0 aliphatic rings. The number of carbonyl (C=O) groups is 2. The Morgan fingerprint density at radius 3 is 2.04 bits per heavy atom. The summed E-state index contributed by atoms with van der Waals surface area (Å²) >= 11 is 0. The minimum atomic E-state index is -0.669. The van der Waals surface area contributed by atoms with Gasteiger partial charge in [-0.05, 0) is 30.5 Å². The predicted molar refractivity (Wildman–Crippen MR) is 92.9 cm³/mol. The fraction of sp³-hybridized carbons (Fsp3) is 0.300. The lowest BCUT2D eigenvalue weighted by Gasteiger charge is -2.11. The maximum Gasteiger partial charge on any atom is 0.233 e. The lowest BCUT2D eigenvalue weighted by atomic mass is 9.93. The van der Waals surface area contributed by atoms with Crippen LogP contribution in [-0.2, 0) is 12.8 Å². The topological polar surface area (TPSA) is 74.6 Å². The average Bonchev–Trinajstić information content (AvgIpc) is 2.59. The van der Waals surface area contributed by atoms with Crippen molar-refractivity contribution in [1.82, 2.24) is 0 Å². The van der Waals surface area contributed by atoms with Crippen LogP contribution in [0.2, 0.25) is 0 Å². The number of phenols is 2. The molecule has 2 aromatic carbocycles. The smallest absolute Gasteiger partial charge is 0.233 e. The average molecular weight is 326 g/mol. The van der Waals surface area contributed by atoms with E-state index in [1.165, 1.54) is 12.1 Å². The third kappa shape index (κ3) is 3.65. The predicted octanol–water partition coefficient (Wildman–Crippen LogP) is 4.07. The van der Waals surface area contributed by atoms with E-state index in [9.17, 15) is 19.8 Å². The van der Waals surface area contributed by atoms with Gasteiger partial charge in [0.15, 0.2) is 11.5 Å². The Balaban J connectivity index is 2.34. The molecule has 0 aliphatic heterocycles. The van der Waals surface area contributed by atoms with Crippen molar-refractivity contribution in [3.63, 3.8) is 0 Å². The second kappa shape index (κ2) is 7.77. The van der Waals surface area contributed by atoms with Crippen LogP contribution in [0.25, 0.3) is 0 Å². The second-order valence-corrected chi connectivity index (χ2v) is 5.81. The van der Waals surface area contributed by atoms with Crippen LogP contribution in [-0.4, -0.2) is 21.8 Å². The third-order valence-corrected chi connectivity index (χ3v) is 3.97. The molecule has 0 saturated carbocycles. The van der Waals surface area contributed by atoms with Crippen LogP contribution < -0.4 is 0 Å². The van der Waals surface area contributed by atoms with Gasteiger partial charge < -0.3 is 10.2 Å². The molecule has 0 radical (unpaired) electrons. The molecular weight excluding hydrogens is 304 g/mol. The fourth-order valence-corrected chi connectivity index (χ4v) is 2.70. The minimum Gasteiger partial charge on any atom is -0.504 e. The molecule has 0 atom stereocenters. The molecule has 0 aromatic heterocycles. The molecule has 0 aliphatic carbocycles. The van der Waals surface area contributed by atoms with Gasteiger partial charge in [0.05, 0.1) is 0 Å². The number of carbonyl (C=O) groups excluding carboxylic acids is 2. The van der Waals surface area contributed by atoms with E-state index >= 15 is 0 Å². The molecule has 2 N–H and O–H groups in total. The number of Topliss-reactive ketones (excluding diaryl/α,β-unsaturated/α-hetero) is 2. The van der Waals surface area contributed by atoms with Gasteiger partial charge in [0, 0.05) is 16.7 Å². The Kier molecular flexibility index (Phi) is 5.74. The highest BCUT2D eigenvalue weighted by atomic mass is 16.3. The second-order valence-electron chi connectivity index (χ2n) is 5.81. The number of aryl methyl sites for hydroxylation is 1. The number of aromatic hydroxyl groups is 2. The van der Waals surface area contributed by atoms with E-state index in [-0.39, 0.29) is 17.1 Å². The number of ketones is 2. The normalized spacial score (nSPS) is 10.6. The SMILES string of the molecule is CCCc1ccc(C(=O)C(=O)c2ccc(O)c(O)c2CCC)cc1. The third-order valence-electron chi connectivity index (χ3n) is 3.97. The quantitative estimate of drug-likeness (QED) is 0.457. The van der Waals surface area contributed by atoms with E-state index in [1.807, 2.05) is 19.1 Å². The highest BCUT2D eigenvalue weighted by molar-refractivity contribution is 6.49. The Morgan fingerprint density at radius 1 is 0.833 bits per heavy atom. The number of hydrogen-bond acceptors (Lipinski definition) is 4. The molecule has 4 heteroatoms. The standard InChI is InChI=1S/C20H22O4/c1-3-5-13-7-9-14(10-8-13)18(22)20(24)16-11-12-17(21)19(23)15(16)6-4-2/h7-12,21,23H,3-6H2,1-2H3. The zero-order valence-electron chi connectivity index (χ0n) is 14.0. The van der Waals surface area contributed by atoms with Gasteiger partial charge in [-0.2, -0.15) is 0 Å². The molecule has 24 heavy (non-hydrogen) atoms. The van der Waals surface area contributed by atoms with Crippen molar-refractivity contribution in [3.05, 3.63) is 58.7 Å². The molecule has 126 valence electrons. The zero-order chi connectivity index (χ0) is 17.7. The van der Waals surface area contributed by atoms with Gasteiger partial charge in [0.2, 0.25) is 11.6 Å². The number of rotatable bonds is 7. The lowest BCUT2D eigenvalue weighted by molar-refractivity contribution is 0.0816. The number of phenolic OH excluding ortho intramolecular Hbond substituents is 2. The highest BCUT2D eigenvalue weighted by Gasteiger charge is 2.23. The van der Waals surface area contributed by atoms with Crippen molar-refractivity contribution in [2.75, 3.05) is 0 Å². The molecule has 0 heterocycles. The summed E-state index contributed by atoms with van der Waals surface area (Å²) in [5.41, 5.74) is 1.92. The summed E-state index contributed by atoms with van der Waals surface area (Å²) in [7, 11) is 0. The van der Waals surface area contributed by atoms with Gasteiger partial charge in [-0.25, -0.2) is 0 Å². The lowest BCUT2D eigenvalue weighted by Crippen LogP contribution is -2.16. The van der Waals surface area contributed by atoms with Crippen LogP contribution in [0.4, 0.5) is 0 Å². The summed E-state index contributed by atoms with van der Waals surface area (Å²) in [4.78, 5) is 25.0. The summed E-state index contributed by atoms with van der Waals surface area (Å²) in [5, 5.41) is 19.6. The molecule has 2 aromatic rings. The monoisotopic (exact) mass is 326 g/mol. The van der Waals surface area contributed by atoms with Crippen LogP contribution in [0.15, 0.2) is 36.4 Å². The van der Waals surface area contributed by atoms with Crippen LogP contribution in [0.1, 0.15) is 58.5 Å². The van der Waals surface area contributed by atoms with Gasteiger partial charge in [-0.3, -0.25) is 9.59 Å². The molecule has 0 unspecified atom stereocenters. The molecule has 2 rings (SSSR count). The van der Waals surface area contributed by atoms with Crippen molar-refractivity contribution >= 4 is 11.6 Å². The van der Waals surface area contributed by atoms with E-state index in [4.69, 9.17) is 0 Å². The Labute approximate surface area is 141 Å². The van der Waals surface area contributed by atoms with Crippen molar-refractivity contribution in [3.8, 4) is 11.5 Å². The summed E-state index contributed by atoms with van der Waals surface area (Å²) in [6.45, 7) is 3.97. The molecule has 0 bridgehead atoms. The number of benzene rings is 2. The molecule has 0 amide bonds. The molecular formula is C20H22O4. The summed E-state index contributed by atoms with van der Waals surface area (Å²) < 4.78 is 0. The van der Waals surface area contributed by atoms with Gasteiger partial charge in [-0.1, -0.05) is 51.0 Å². The van der Waals surface area contributed by atoms with E-state index in [0.29, 0.717) is 24.0 Å². The molecule has 4 nitrogen and oxygen atoms in total. The van der Waals surface area contributed by atoms with E-state index < -0.39 is 11.6 Å². The first-order valence-corrected chi connectivity index (χ1v) is 8.21. The van der Waals surface area contributed by atoms with Gasteiger partial charge in [-0.15, -0.1) is 0 Å². The van der Waals surface area contributed by atoms with Gasteiger partial charge in [0.25, 0.3) is 0 Å². The fourth-order valence-electron chi connectivity index (χ4n) is 2.70. The van der Waals surface area contributed by atoms with Gasteiger partial charge >= 0.3 is 0 Å². The van der Waals surface area contributed by atoms with Crippen molar-refractivity contribution in [2.45, 2.75) is 39.5 Å². The number of hydrogen-bond donors (Lipinski definition) is 2. The summed E-state index contributed by atoms with van der Waals surface area (Å²) in [5.74, 6) is -1.89.